The topological polar surface area (TPSA) is 75.8 Å². The summed E-state index contributed by atoms with van der Waals surface area (Å²) in [6, 6.07) is 5.00. The number of carbonyl (C=O) groups is 1. The summed E-state index contributed by atoms with van der Waals surface area (Å²) in [6.45, 7) is 3.49. The average molecular weight is 264 g/mol. The number of aromatic carboxylic acids is 1. The Morgan fingerprint density at radius 1 is 1.53 bits per heavy atom. The minimum atomic E-state index is -0.952. The van der Waals surface area contributed by atoms with Crippen LogP contribution in [0.5, 0.6) is 0 Å². The molecule has 1 saturated heterocycles. The lowest BCUT2D eigenvalue weighted by molar-refractivity contribution is -0.00469. The van der Waals surface area contributed by atoms with Crippen LogP contribution in [0, 0.1) is 0 Å². The largest absolute Gasteiger partial charge is 0.478 e. The molecule has 5 heteroatoms. The molecule has 0 bridgehead atoms. The van der Waals surface area contributed by atoms with E-state index in [2.05, 4.69) is 0 Å². The molecule has 0 aliphatic carbocycles. The first kappa shape index (κ1) is 13.7. The lowest BCUT2D eigenvalue weighted by Crippen LogP contribution is -2.48. The SMILES string of the molecule is COC1(C)CCCN(c2c(N)cccc2C(=O)O)C1. The van der Waals surface area contributed by atoms with Gasteiger partial charge in [0, 0.05) is 20.2 Å². The predicted octanol–water partition coefficient (Wildman–Crippen LogP) is 1.97. The number of rotatable bonds is 3. The second-order valence-electron chi connectivity index (χ2n) is 5.23. The van der Waals surface area contributed by atoms with Crippen molar-refractivity contribution in [1.29, 1.82) is 0 Å². The van der Waals surface area contributed by atoms with Crippen molar-refractivity contribution in [3.05, 3.63) is 23.8 Å². The van der Waals surface area contributed by atoms with Gasteiger partial charge in [0.25, 0.3) is 0 Å². The van der Waals surface area contributed by atoms with Gasteiger partial charge in [-0.25, -0.2) is 4.79 Å². The van der Waals surface area contributed by atoms with Crippen molar-refractivity contribution in [2.45, 2.75) is 25.4 Å². The number of carboxylic acids is 1. The van der Waals surface area contributed by atoms with E-state index in [-0.39, 0.29) is 11.2 Å². The second-order valence-corrected chi connectivity index (χ2v) is 5.23. The molecule has 1 fully saturated rings. The standard InChI is InChI=1S/C14H20N2O3/c1-14(19-2)7-4-8-16(9-14)12-10(13(17)18)5-3-6-11(12)15/h3,5-6H,4,7-9,15H2,1-2H3,(H,17,18). The van der Waals surface area contributed by atoms with Crippen molar-refractivity contribution in [3.63, 3.8) is 0 Å². The number of anilines is 2. The molecule has 1 heterocycles. The van der Waals surface area contributed by atoms with E-state index in [1.54, 1.807) is 25.3 Å². The molecule has 1 aromatic carbocycles. The van der Waals surface area contributed by atoms with E-state index in [4.69, 9.17) is 10.5 Å². The fraction of sp³-hybridized carbons (Fsp3) is 0.500. The van der Waals surface area contributed by atoms with Crippen LogP contribution in [-0.4, -0.2) is 36.9 Å². The molecular formula is C14H20N2O3. The van der Waals surface area contributed by atoms with Gasteiger partial charge in [0.15, 0.2) is 0 Å². The van der Waals surface area contributed by atoms with E-state index in [1.807, 2.05) is 11.8 Å². The molecule has 5 nitrogen and oxygen atoms in total. The normalized spacial score (nSPS) is 23.4. The summed E-state index contributed by atoms with van der Waals surface area (Å²) < 4.78 is 5.54. The molecule has 1 atom stereocenters. The molecular weight excluding hydrogens is 244 g/mol. The first-order chi connectivity index (χ1) is 8.97. The van der Waals surface area contributed by atoms with Gasteiger partial charge in [0.2, 0.25) is 0 Å². The van der Waals surface area contributed by atoms with Crippen LogP contribution in [0.4, 0.5) is 11.4 Å². The highest BCUT2D eigenvalue weighted by Crippen LogP contribution is 2.33. The molecule has 0 aromatic heterocycles. The first-order valence-corrected chi connectivity index (χ1v) is 6.39. The summed E-state index contributed by atoms with van der Waals surface area (Å²) in [5.41, 5.74) is 7.08. The Balaban J connectivity index is 2.38. The molecule has 1 aromatic rings. The van der Waals surface area contributed by atoms with E-state index in [0.717, 1.165) is 19.4 Å². The number of hydrogen-bond acceptors (Lipinski definition) is 4. The maximum absolute atomic E-state index is 11.3. The molecule has 3 N–H and O–H groups in total. The average Bonchev–Trinajstić information content (AvgIpc) is 2.38. The van der Waals surface area contributed by atoms with Gasteiger partial charge >= 0.3 is 5.97 Å². The van der Waals surface area contributed by atoms with Gasteiger partial charge in [-0.3, -0.25) is 0 Å². The Hall–Kier alpha value is -1.75. The van der Waals surface area contributed by atoms with Crippen LogP contribution in [0.25, 0.3) is 0 Å². The molecule has 2 rings (SSSR count). The molecule has 1 aliphatic heterocycles. The van der Waals surface area contributed by atoms with Gasteiger partial charge in [-0.1, -0.05) is 6.07 Å². The first-order valence-electron chi connectivity index (χ1n) is 6.39. The minimum Gasteiger partial charge on any atom is -0.478 e. The highest BCUT2D eigenvalue weighted by Gasteiger charge is 2.33. The van der Waals surface area contributed by atoms with Gasteiger partial charge in [0.05, 0.1) is 22.5 Å². The zero-order chi connectivity index (χ0) is 14.0. The summed E-state index contributed by atoms with van der Waals surface area (Å²) in [5.74, 6) is -0.952. The number of benzene rings is 1. The number of nitrogens with two attached hydrogens (primary N) is 1. The predicted molar refractivity (Wildman–Crippen MR) is 74.7 cm³/mol. The lowest BCUT2D eigenvalue weighted by Gasteiger charge is -2.41. The number of piperidine rings is 1. The molecule has 104 valence electrons. The van der Waals surface area contributed by atoms with E-state index in [9.17, 15) is 9.90 Å². The van der Waals surface area contributed by atoms with Gasteiger partial charge in [0.1, 0.15) is 0 Å². The third-order valence-electron chi connectivity index (χ3n) is 3.77. The Morgan fingerprint density at radius 2 is 2.26 bits per heavy atom. The van der Waals surface area contributed by atoms with Crippen LogP contribution in [0.1, 0.15) is 30.1 Å². The van der Waals surface area contributed by atoms with Crippen LogP contribution in [0.15, 0.2) is 18.2 Å². The number of hydrogen-bond donors (Lipinski definition) is 2. The van der Waals surface area contributed by atoms with Crippen LogP contribution >= 0.6 is 0 Å². The van der Waals surface area contributed by atoms with Crippen molar-refractivity contribution in [2.24, 2.45) is 0 Å². The van der Waals surface area contributed by atoms with Crippen molar-refractivity contribution in [3.8, 4) is 0 Å². The fourth-order valence-corrected chi connectivity index (χ4v) is 2.65. The maximum Gasteiger partial charge on any atom is 0.337 e. The Labute approximate surface area is 113 Å². The van der Waals surface area contributed by atoms with Crippen LogP contribution < -0.4 is 10.6 Å². The maximum atomic E-state index is 11.3. The van der Waals surface area contributed by atoms with E-state index in [0.29, 0.717) is 17.9 Å². The van der Waals surface area contributed by atoms with Gasteiger partial charge in [-0.2, -0.15) is 0 Å². The van der Waals surface area contributed by atoms with Gasteiger partial charge in [-0.05, 0) is 31.9 Å². The molecule has 1 unspecified atom stereocenters. The van der Waals surface area contributed by atoms with Crippen LogP contribution in [0.3, 0.4) is 0 Å². The van der Waals surface area contributed by atoms with E-state index < -0.39 is 5.97 Å². The summed E-state index contributed by atoms with van der Waals surface area (Å²) in [6.07, 6.45) is 1.92. The third kappa shape index (κ3) is 2.66. The zero-order valence-electron chi connectivity index (χ0n) is 11.3. The van der Waals surface area contributed by atoms with Crippen molar-refractivity contribution in [2.75, 3.05) is 30.8 Å². The summed E-state index contributed by atoms with van der Waals surface area (Å²) >= 11 is 0. The van der Waals surface area contributed by atoms with Gasteiger partial charge < -0.3 is 20.5 Å². The molecule has 19 heavy (non-hydrogen) atoms. The number of carboxylic acid groups (broad SMARTS) is 1. The lowest BCUT2D eigenvalue weighted by atomic mass is 9.93. The summed E-state index contributed by atoms with van der Waals surface area (Å²) in [5, 5.41) is 9.29. The fourth-order valence-electron chi connectivity index (χ4n) is 2.65. The van der Waals surface area contributed by atoms with Crippen LogP contribution in [-0.2, 0) is 4.74 Å². The van der Waals surface area contributed by atoms with Crippen molar-refractivity contribution in [1.82, 2.24) is 0 Å². The number of para-hydroxylation sites is 1. The number of nitrogens with zero attached hydrogens (tertiary/aromatic N) is 1. The molecule has 0 radical (unpaired) electrons. The minimum absolute atomic E-state index is 0.250. The third-order valence-corrected chi connectivity index (χ3v) is 3.77. The molecule has 0 saturated carbocycles. The summed E-state index contributed by atoms with van der Waals surface area (Å²) in [4.78, 5) is 13.4. The van der Waals surface area contributed by atoms with Crippen LogP contribution in [0.2, 0.25) is 0 Å². The van der Waals surface area contributed by atoms with E-state index >= 15 is 0 Å². The van der Waals surface area contributed by atoms with E-state index in [1.165, 1.54) is 0 Å². The number of methoxy groups -OCH3 is 1. The molecule has 0 amide bonds. The second kappa shape index (κ2) is 5.09. The van der Waals surface area contributed by atoms with Gasteiger partial charge in [-0.15, -0.1) is 0 Å². The Morgan fingerprint density at radius 3 is 2.89 bits per heavy atom. The van der Waals surface area contributed by atoms with Crippen molar-refractivity contribution < 1.29 is 14.6 Å². The number of ether oxygens (including phenoxy) is 1. The highest BCUT2D eigenvalue weighted by molar-refractivity contribution is 5.98. The Bertz CT molecular complexity index is 490. The summed E-state index contributed by atoms with van der Waals surface area (Å²) in [7, 11) is 1.69. The quantitative estimate of drug-likeness (QED) is 0.816. The molecule has 0 spiro atoms. The van der Waals surface area contributed by atoms with Crippen molar-refractivity contribution >= 4 is 17.3 Å². The Kier molecular flexibility index (Phi) is 3.66. The highest BCUT2D eigenvalue weighted by atomic mass is 16.5. The molecule has 1 aliphatic rings. The smallest absolute Gasteiger partial charge is 0.337 e. The monoisotopic (exact) mass is 264 g/mol. The number of nitrogen functional groups attached to an aromatic ring is 1. The zero-order valence-corrected chi connectivity index (χ0v) is 11.3.